The summed E-state index contributed by atoms with van der Waals surface area (Å²) in [6.07, 6.45) is 0.876. The Bertz CT molecular complexity index is 1440. The fraction of sp³-hybridized carbons (Fsp3) is 0.318. The van der Waals surface area contributed by atoms with E-state index in [-0.39, 0.29) is 25.0 Å². The lowest BCUT2D eigenvalue weighted by molar-refractivity contribution is -0.145. The van der Waals surface area contributed by atoms with Gasteiger partial charge in [-0.15, -0.1) is 0 Å². The van der Waals surface area contributed by atoms with Gasteiger partial charge in [0.15, 0.2) is 0 Å². The number of esters is 1. The Balaban J connectivity index is 1.44. The number of benzene rings is 1. The number of rotatable bonds is 7. The van der Waals surface area contributed by atoms with Crippen LogP contribution in [0.25, 0.3) is 15.9 Å². The van der Waals surface area contributed by atoms with Gasteiger partial charge >= 0.3 is 11.6 Å². The number of hydrogen-bond acceptors (Lipinski definition) is 9. The largest absolute Gasteiger partial charge is 0.497 e. The van der Waals surface area contributed by atoms with Crippen LogP contribution in [0.5, 0.6) is 5.75 Å². The molecule has 4 rings (SSSR count). The molecule has 0 bridgehead atoms. The van der Waals surface area contributed by atoms with Crippen LogP contribution in [0.4, 0.5) is 0 Å². The molecule has 0 aliphatic heterocycles. The van der Waals surface area contributed by atoms with Gasteiger partial charge in [0, 0.05) is 29.5 Å². The first-order chi connectivity index (χ1) is 15.4. The van der Waals surface area contributed by atoms with Crippen molar-refractivity contribution >= 4 is 33.2 Å². The molecule has 0 amide bonds. The average molecular weight is 455 g/mol. The minimum Gasteiger partial charge on any atom is -0.497 e. The van der Waals surface area contributed by atoms with E-state index in [1.807, 2.05) is 19.9 Å². The van der Waals surface area contributed by atoms with Crippen LogP contribution in [0, 0.1) is 6.92 Å². The smallest absolute Gasteiger partial charge is 0.339 e. The zero-order valence-electron chi connectivity index (χ0n) is 17.8. The summed E-state index contributed by atoms with van der Waals surface area (Å²) in [5.41, 5.74) is 1.15. The monoisotopic (exact) mass is 455 g/mol. The Kier molecular flexibility index (Phi) is 6.04. The molecule has 0 spiro atoms. The van der Waals surface area contributed by atoms with Crippen molar-refractivity contribution in [1.82, 2.24) is 14.6 Å². The SMILES string of the molecule is CCc1nn2c(=O)cc(COC(=O)CCc3c(C)c4ccc(OC)cc4oc3=O)nc2s1. The van der Waals surface area contributed by atoms with Crippen molar-refractivity contribution < 1.29 is 18.7 Å². The number of carbonyl (C=O) groups excluding carboxylic acids is 1. The highest BCUT2D eigenvalue weighted by Gasteiger charge is 2.15. The molecule has 166 valence electrons. The predicted octanol–water partition coefficient (Wildman–Crippen LogP) is 2.81. The van der Waals surface area contributed by atoms with Gasteiger partial charge in [0.2, 0.25) is 4.96 Å². The van der Waals surface area contributed by atoms with Crippen LogP contribution in [0.1, 0.15) is 35.2 Å². The van der Waals surface area contributed by atoms with E-state index in [2.05, 4.69) is 10.1 Å². The molecule has 3 heterocycles. The van der Waals surface area contributed by atoms with Crippen LogP contribution in [-0.4, -0.2) is 27.7 Å². The molecule has 0 atom stereocenters. The van der Waals surface area contributed by atoms with Gasteiger partial charge < -0.3 is 13.9 Å². The number of methoxy groups -OCH3 is 1. The number of aromatic nitrogens is 3. The molecule has 0 aliphatic carbocycles. The molecular weight excluding hydrogens is 434 g/mol. The second-order valence-electron chi connectivity index (χ2n) is 7.15. The van der Waals surface area contributed by atoms with E-state index in [0.29, 0.717) is 34.0 Å². The summed E-state index contributed by atoms with van der Waals surface area (Å²) >= 11 is 1.32. The molecule has 32 heavy (non-hydrogen) atoms. The summed E-state index contributed by atoms with van der Waals surface area (Å²) in [5, 5.41) is 5.76. The van der Waals surface area contributed by atoms with E-state index >= 15 is 0 Å². The number of carbonyl (C=O) groups is 1. The zero-order chi connectivity index (χ0) is 22.8. The minimum atomic E-state index is -0.501. The van der Waals surface area contributed by atoms with E-state index in [9.17, 15) is 14.4 Å². The van der Waals surface area contributed by atoms with E-state index in [1.165, 1.54) is 29.0 Å². The van der Waals surface area contributed by atoms with Crippen molar-refractivity contribution in [3.8, 4) is 5.75 Å². The van der Waals surface area contributed by atoms with Gasteiger partial charge in [0.05, 0.1) is 12.8 Å². The molecule has 0 radical (unpaired) electrons. The third-order valence-corrected chi connectivity index (χ3v) is 6.15. The quantitative estimate of drug-likeness (QED) is 0.309. The van der Waals surface area contributed by atoms with E-state index in [4.69, 9.17) is 13.9 Å². The van der Waals surface area contributed by atoms with Gasteiger partial charge in [-0.2, -0.15) is 9.61 Å². The summed E-state index contributed by atoms with van der Waals surface area (Å²) in [6, 6.07) is 6.56. The maximum atomic E-state index is 12.4. The first-order valence-corrected chi connectivity index (χ1v) is 10.9. The molecule has 10 heteroatoms. The summed E-state index contributed by atoms with van der Waals surface area (Å²) < 4.78 is 17.1. The fourth-order valence-corrected chi connectivity index (χ4v) is 4.21. The van der Waals surface area contributed by atoms with Crippen LogP contribution >= 0.6 is 11.3 Å². The van der Waals surface area contributed by atoms with Crippen molar-refractivity contribution in [1.29, 1.82) is 0 Å². The van der Waals surface area contributed by atoms with Crippen LogP contribution in [0.3, 0.4) is 0 Å². The maximum absolute atomic E-state index is 12.4. The molecule has 0 saturated heterocycles. The summed E-state index contributed by atoms with van der Waals surface area (Å²) in [7, 11) is 1.54. The highest BCUT2D eigenvalue weighted by molar-refractivity contribution is 7.16. The second kappa shape index (κ2) is 8.91. The van der Waals surface area contributed by atoms with Crippen LogP contribution in [-0.2, 0) is 29.0 Å². The van der Waals surface area contributed by atoms with Crippen LogP contribution in [0.15, 0.2) is 38.3 Å². The molecule has 4 aromatic rings. The van der Waals surface area contributed by atoms with Gasteiger partial charge in [0.1, 0.15) is 22.9 Å². The normalized spacial score (nSPS) is 11.2. The highest BCUT2D eigenvalue weighted by atomic mass is 32.1. The van der Waals surface area contributed by atoms with Gasteiger partial charge in [-0.3, -0.25) is 9.59 Å². The van der Waals surface area contributed by atoms with Gasteiger partial charge in [-0.05, 0) is 37.5 Å². The first-order valence-electron chi connectivity index (χ1n) is 10.0. The van der Waals surface area contributed by atoms with Gasteiger partial charge in [-0.1, -0.05) is 18.3 Å². The Hall–Kier alpha value is -3.53. The molecule has 0 fully saturated rings. The number of aryl methyl sites for hydroxylation is 2. The zero-order valence-corrected chi connectivity index (χ0v) is 18.7. The minimum absolute atomic E-state index is 0.00493. The Morgan fingerprint density at radius 1 is 1.25 bits per heavy atom. The molecule has 0 unspecified atom stereocenters. The lowest BCUT2D eigenvalue weighted by Gasteiger charge is -2.09. The number of ether oxygens (including phenoxy) is 2. The Morgan fingerprint density at radius 2 is 2.06 bits per heavy atom. The molecule has 1 aromatic carbocycles. The summed E-state index contributed by atoms with van der Waals surface area (Å²) in [5.74, 6) is 0.0891. The average Bonchev–Trinajstić information content (AvgIpc) is 3.21. The second-order valence-corrected chi connectivity index (χ2v) is 8.19. The molecule has 9 nitrogen and oxygen atoms in total. The molecule has 0 N–H and O–H groups in total. The highest BCUT2D eigenvalue weighted by Crippen LogP contribution is 2.24. The van der Waals surface area contributed by atoms with E-state index < -0.39 is 11.6 Å². The Labute approximate surface area is 186 Å². The first kappa shape index (κ1) is 21.7. The van der Waals surface area contributed by atoms with Crippen molar-refractivity contribution in [3.63, 3.8) is 0 Å². The topological polar surface area (TPSA) is 113 Å². The van der Waals surface area contributed by atoms with Crippen molar-refractivity contribution in [2.45, 2.75) is 39.7 Å². The molecule has 3 aromatic heterocycles. The summed E-state index contributed by atoms with van der Waals surface area (Å²) in [6.45, 7) is 3.63. The van der Waals surface area contributed by atoms with Crippen LogP contribution in [0.2, 0.25) is 0 Å². The third-order valence-electron chi connectivity index (χ3n) is 5.10. The molecule has 0 aliphatic rings. The lowest BCUT2D eigenvalue weighted by Crippen LogP contribution is -2.17. The fourth-order valence-electron chi connectivity index (χ4n) is 3.36. The molecular formula is C22H21N3O6S. The molecule has 0 saturated carbocycles. The number of fused-ring (bicyclic) bond motifs is 2. The third kappa shape index (κ3) is 4.26. The van der Waals surface area contributed by atoms with E-state index in [0.717, 1.165) is 16.0 Å². The van der Waals surface area contributed by atoms with Gasteiger partial charge in [0.25, 0.3) is 5.56 Å². The van der Waals surface area contributed by atoms with E-state index in [1.54, 1.807) is 12.1 Å². The van der Waals surface area contributed by atoms with Gasteiger partial charge in [-0.25, -0.2) is 9.78 Å². The van der Waals surface area contributed by atoms with Crippen molar-refractivity contribution in [3.05, 3.63) is 66.9 Å². The Morgan fingerprint density at radius 3 is 2.81 bits per heavy atom. The predicted molar refractivity (Wildman–Crippen MR) is 118 cm³/mol. The van der Waals surface area contributed by atoms with Crippen LogP contribution < -0.4 is 15.9 Å². The van der Waals surface area contributed by atoms with Crippen molar-refractivity contribution in [2.75, 3.05) is 7.11 Å². The standard InChI is InChI=1S/C22H21N3O6S/c1-4-18-24-25-19(26)9-13(23-22(25)32-18)11-30-20(27)8-7-16-12(2)15-6-5-14(29-3)10-17(15)31-21(16)28/h5-6,9-10H,4,7-8,11H2,1-3H3. The summed E-state index contributed by atoms with van der Waals surface area (Å²) in [4.78, 5) is 41.7. The number of nitrogens with zero attached hydrogens (tertiary/aromatic N) is 3. The lowest BCUT2D eigenvalue weighted by atomic mass is 10.0. The van der Waals surface area contributed by atoms with Crippen molar-refractivity contribution in [2.24, 2.45) is 0 Å². The maximum Gasteiger partial charge on any atom is 0.339 e. The number of hydrogen-bond donors (Lipinski definition) is 0.